The monoisotopic (exact) mass is 2070 g/mol. The molecule has 17 N–H and O–H groups in total. The van der Waals surface area contributed by atoms with Gasteiger partial charge in [-0.2, -0.15) is 0 Å². The Labute approximate surface area is 859 Å². The second-order valence-electron chi connectivity index (χ2n) is 36.8. The lowest BCUT2D eigenvalue weighted by Crippen LogP contribution is -2.61. The second-order valence-corrected chi connectivity index (χ2v) is 36.8. The largest absolute Gasteiger partial charge is 0.445 e. The van der Waals surface area contributed by atoms with Gasteiger partial charge in [-0.3, -0.25) is 4.39 Å². The van der Waals surface area contributed by atoms with Gasteiger partial charge in [0, 0.05) is 6.04 Å². The standard InChI is InChI=1S/C53H69N3O17.C49H62N4O15.C3H6O2.CH3F/c1-3-38-21-23-40(55-52(63)66-30-34-15-9-5-10-16-34)48(68-38)71-45-32(2)25-36(19-20-37(59)27-57)43(60)47(45)73-50-44(61)46(42(28-58)70-50)72-49-41(56-53(64)67-31-35-17-11-6-12-18-35)24-22-39(69-49)26-54-51(62)65-29-33-13-7-4-8-14-33;1-3-33-19-21-36(52-48(58)61-27-31-15-9-5-10-16-31)44(63-33)66-41-29(2)23-35(50)39(55)43(41)68-46-40(56)42(38(25-54)65-46)67-45-37(53-49(59)62-28-32-17-11-6-12-18-32)22-20-34(64-45)24-51-47(57)60-26-30-13-7-4-8-14-30;4-1-3-2-5-3;1-2/h4-18,21-24,32,36-50,57-61H,3,19-20,25-31H2,1-2H3,(H,54,62)(H,55,63)(H,56,64);4-22,29,33-46,54-56H,3,23-28,50H2,1-2H3,(H,51,57)(H,52,58)(H,53,59);3-4H,1-2H2;1H3/t32-,36+,37?,38+,39+,40+,41+,42+,43-,44+,45+,46+,47+,48+,49+,50-;29-,33+,34+,35+,36+,37+,38+,39-,40+,41+,42+,43+,44+,45+,46-;;/m00../s1/i;;;1D. The van der Waals surface area contributed by atoms with Crippen LogP contribution in [0, 0.1) is 17.8 Å². The molecule has 6 aromatic rings. The summed E-state index contributed by atoms with van der Waals surface area (Å²) in [5, 5.41) is 113. The second kappa shape index (κ2) is 60.1. The lowest BCUT2D eigenvalue weighted by molar-refractivity contribution is -0.291. The van der Waals surface area contributed by atoms with Crippen LogP contribution >= 0.6 is 0 Å². The molecule has 15 rings (SSSR count). The summed E-state index contributed by atoms with van der Waals surface area (Å²) in [5.74, 6) is -1.18. The lowest BCUT2D eigenvalue weighted by atomic mass is 9.74. The minimum Gasteiger partial charge on any atom is -0.445 e. The number of nitrogens with two attached hydrogens (primary N) is 1. The number of hydrogen-bond acceptors (Lipinski definition) is 35. The average Bonchev–Trinajstić information content (AvgIpc) is 1.73. The predicted octanol–water partition coefficient (Wildman–Crippen LogP) is 7.26. The van der Waals surface area contributed by atoms with E-state index in [1.54, 1.807) is 60.7 Å². The van der Waals surface area contributed by atoms with Gasteiger partial charge in [-0.05, 0) is 89.7 Å². The smallest absolute Gasteiger partial charge is 0.408 e. The topological polar surface area (TPSA) is 561 Å². The number of benzene rings is 6. The SMILES string of the molecule is CC[C@@H]1C=C[C@@H](NC(=O)OCc2ccccc2)[C@@H](O[C@H]2[C@H](O[C@@H]3O[C@H](CO)[C@@H](O[C@H]4O[C@@H](CNC(=O)OCc5ccccc5)C=C[C@H]4NC(=O)OCc4ccccc4)[C@H]3O)[C@@H](O)[C@H](CCC(O)CO)C[C@@H]2C)O1.CC[C@@H]1C=C[C@@H](NC(=O)OCc2ccccc2)[C@@H](O[C@H]2[C@H](O[C@@H]3O[C@H](CO)[C@@H](O[C@H]4O[C@@H](CNC(=O)OCc5ccccc5)C=C[C@H]4NC(=O)OCc4ccccc4)[C@H]3O)[C@@H](O)[C@H](N)C[C@@H]2C)O1.OCC1CO1.[2H]CF. The normalized spacial score (nSPS) is 31.5. The summed E-state index contributed by atoms with van der Waals surface area (Å²) < 4.78 is 129. The van der Waals surface area contributed by atoms with Crippen molar-refractivity contribution in [2.75, 3.05) is 53.3 Å². The number of rotatable bonds is 41. The van der Waals surface area contributed by atoms with E-state index in [1.165, 1.54) is 0 Å². The molecule has 7 heterocycles. The number of alkyl carbamates (subject to hydrolysis) is 6. The van der Waals surface area contributed by atoms with Crippen LogP contribution in [0.5, 0.6) is 0 Å². The molecule has 41 nitrogen and oxygen atoms in total. The van der Waals surface area contributed by atoms with Gasteiger partial charge in [0.1, 0.15) is 119 Å². The van der Waals surface area contributed by atoms with Crippen molar-refractivity contribution in [3.8, 4) is 0 Å². The Kier molecular flexibility index (Phi) is 46.3. The summed E-state index contributed by atoms with van der Waals surface area (Å²) in [7, 11) is -1.00. The summed E-state index contributed by atoms with van der Waals surface area (Å²) in [6, 6.07) is 50.5. The zero-order chi connectivity index (χ0) is 106. The molecule has 6 aromatic carbocycles. The Balaban J connectivity index is 0.000000246. The van der Waals surface area contributed by atoms with Gasteiger partial charge < -0.3 is 174 Å². The van der Waals surface area contributed by atoms with Crippen molar-refractivity contribution in [2.24, 2.45) is 23.5 Å². The fraction of sp³-hybridized carbons (Fsp3) is 0.528. The predicted molar refractivity (Wildman–Crippen MR) is 525 cm³/mol. The van der Waals surface area contributed by atoms with Crippen LogP contribution < -0.4 is 37.6 Å². The zero-order valence-corrected chi connectivity index (χ0v) is 82.7. The van der Waals surface area contributed by atoms with E-state index in [2.05, 4.69) is 36.6 Å². The summed E-state index contributed by atoms with van der Waals surface area (Å²) in [5.41, 5.74) is 11.1. The molecule has 2 aliphatic carbocycles. The Morgan fingerprint density at radius 2 is 0.669 bits per heavy atom. The van der Waals surface area contributed by atoms with Gasteiger partial charge in [0.2, 0.25) is 0 Å². The molecule has 2 saturated carbocycles. The molecule has 3 saturated heterocycles. The fourth-order valence-corrected chi connectivity index (χ4v) is 17.6. The van der Waals surface area contributed by atoms with Gasteiger partial charge in [0.25, 0.3) is 0 Å². The Morgan fingerprint density at radius 1 is 0.385 bits per heavy atom. The molecule has 0 radical (unpaired) electrons. The van der Waals surface area contributed by atoms with Gasteiger partial charge in [-0.25, -0.2) is 28.8 Å². The number of carbonyl (C=O) groups excluding carboxylic acids is 6. The molecule has 7 aliphatic heterocycles. The van der Waals surface area contributed by atoms with Crippen molar-refractivity contribution in [1.29, 1.82) is 0 Å². The van der Waals surface area contributed by atoms with Crippen molar-refractivity contribution in [3.05, 3.63) is 264 Å². The van der Waals surface area contributed by atoms with Crippen molar-refractivity contribution in [1.82, 2.24) is 31.9 Å². The van der Waals surface area contributed by atoms with E-state index >= 15 is 0 Å². The number of aliphatic hydroxyl groups excluding tert-OH is 9. The van der Waals surface area contributed by atoms with Crippen LogP contribution in [0.2, 0.25) is 0 Å². The highest BCUT2D eigenvalue weighted by Crippen LogP contribution is 2.42. The van der Waals surface area contributed by atoms with Gasteiger partial charge in [-0.15, -0.1) is 0 Å². The van der Waals surface area contributed by atoms with Gasteiger partial charge in [0.05, 0.1) is 110 Å². The summed E-state index contributed by atoms with van der Waals surface area (Å²) in [6.07, 6.45) is -14.8. The third-order valence-corrected chi connectivity index (χ3v) is 25.7. The average molecular weight is 2080 g/mol. The molecule has 9 aliphatic rings. The lowest BCUT2D eigenvalue weighted by Gasteiger charge is -2.46. The van der Waals surface area contributed by atoms with E-state index in [1.807, 2.05) is 198 Å². The van der Waals surface area contributed by atoms with E-state index in [0.717, 1.165) is 40.0 Å². The van der Waals surface area contributed by atoms with Crippen LogP contribution in [0.3, 0.4) is 0 Å². The summed E-state index contributed by atoms with van der Waals surface area (Å²) in [6.45, 7) is 6.78. The van der Waals surface area contributed by atoms with Crippen LogP contribution in [0.15, 0.2) is 231 Å². The third kappa shape index (κ3) is 35.5. The highest BCUT2D eigenvalue weighted by molar-refractivity contribution is 5.70. The van der Waals surface area contributed by atoms with E-state index in [0.29, 0.717) is 32.1 Å². The Bertz CT molecular complexity index is 5080. The van der Waals surface area contributed by atoms with E-state index < -0.39 is 229 Å². The number of epoxide rings is 1. The molecule has 810 valence electrons. The third-order valence-electron chi connectivity index (χ3n) is 25.7. The van der Waals surface area contributed by atoms with Crippen molar-refractivity contribution in [2.45, 2.75) is 284 Å². The molecular formula is C106H140FN7O34. The molecule has 0 spiro atoms. The van der Waals surface area contributed by atoms with E-state index in [-0.39, 0.29) is 95.9 Å². The molecule has 6 amide bonds. The van der Waals surface area contributed by atoms with Crippen LogP contribution in [0.25, 0.3) is 0 Å². The van der Waals surface area contributed by atoms with Crippen LogP contribution in [0.4, 0.5) is 33.2 Å². The first kappa shape index (κ1) is 114. The number of ether oxygens (including phenoxy) is 19. The Morgan fingerprint density at radius 3 is 0.959 bits per heavy atom. The molecule has 0 bridgehead atoms. The fourth-order valence-electron chi connectivity index (χ4n) is 17.6. The molecule has 148 heavy (non-hydrogen) atoms. The number of nitrogens with one attached hydrogen (secondary N) is 6. The minimum absolute atomic E-state index is 0.0187. The van der Waals surface area contributed by atoms with Gasteiger partial charge in [-0.1, -0.05) is 258 Å². The van der Waals surface area contributed by atoms with Crippen LogP contribution in [-0.4, -0.2) is 314 Å². The van der Waals surface area contributed by atoms with Crippen molar-refractivity contribution >= 4 is 36.6 Å². The number of alkyl halides is 1. The van der Waals surface area contributed by atoms with E-state index in [4.69, 9.17) is 97.5 Å². The molecule has 0 aromatic heterocycles. The molecular weight excluding hydrogens is 1930 g/mol. The molecule has 2 unspecified atom stereocenters. The highest BCUT2D eigenvalue weighted by atomic mass is 19.1. The van der Waals surface area contributed by atoms with Crippen LogP contribution in [0.1, 0.15) is 101 Å². The Hall–Kier alpha value is -11.1. The summed E-state index contributed by atoms with van der Waals surface area (Å²) in [4.78, 5) is 77.7. The van der Waals surface area contributed by atoms with Gasteiger partial charge >= 0.3 is 36.6 Å². The number of amides is 6. The number of carbonyl (C=O) groups is 6. The maximum absolute atomic E-state index is 13.2. The van der Waals surface area contributed by atoms with E-state index in [9.17, 15) is 74.0 Å². The maximum Gasteiger partial charge on any atom is 0.408 e. The van der Waals surface area contributed by atoms with Crippen molar-refractivity contribution in [3.63, 3.8) is 0 Å². The van der Waals surface area contributed by atoms with Crippen molar-refractivity contribution < 1.29 is 170 Å². The summed E-state index contributed by atoms with van der Waals surface area (Å²) >= 11 is 0. The number of aliphatic hydroxyl groups is 9. The molecule has 42 heteroatoms. The molecule has 5 fully saturated rings. The quantitative estimate of drug-likeness (QED) is 0.0102. The van der Waals surface area contributed by atoms with Gasteiger partial charge in [0.15, 0.2) is 37.7 Å². The maximum atomic E-state index is 13.2. The number of halogens is 1. The first-order valence-electron chi connectivity index (χ1n) is 50.4. The first-order chi connectivity index (χ1) is 72.2. The molecule has 32 atom stereocenters. The first-order valence-corrected chi connectivity index (χ1v) is 49.7. The minimum atomic E-state index is -1.64. The highest BCUT2D eigenvalue weighted by Gasteiger charge is 2.56. The zero-order valence-electron chi connectivity index (χ0n) is 83.7. The van der Waals surface area contributed by atoms with Crippen LogP contribution in [-0.2, 0) is 130 Å². The number of hydrogen-bond donors (Lipinski definition) is 16.